The monoisotopic (exact) mass is 332 g/mol. The standard InChI is InChI=1S/C18H20O4S/c1-15-6-12-18(13-7-15)23(19,20)22-17-10-8-16(9-11-17)5-3-4-14-21-2/h4,6-14H,3,5H2,1-2H3/b14-4+. The van der Waals surface area contributed by atoms with Crippen LogP contribution in [0.25, 0.3) is 0 Å². The van der Waals surface area contributed by atoms with E-state index < -0.39 is 10.1 Å². The van der Waals surface area contributed by atoms with Crippen LogP contribution >= 0.6 is 0 Å². The van der Waals surface area contributed by atoms with Gasteiger partial charge in [-0.2, -0.15) is 8.42 Å². The van der Waals surface area contributed by atoms with Gasteiger partial charge in [-0.05, 0) is 55.7 Å². The Balaban J connectivity index is 2.02. The number of benzene rings is 2. The van der Waals surface area contributed by atoms with Gasteiger partial charge in [0.2, 0.25) is 0 Å². The van der Waals surface area contributed by atoms with Crippen molar-refractivity contribution in [3.63, 3.8) is 0 Å². The number of hydrogen-bond donors (Lipinski definition) is 0. The second-order valence-corrected chi connectivity index (χ2v) is 6.69. The second-order valence-electron chi connectivity index (χ2n) is 5.14. The molecule has 122 valence electrons. The number of allylic oxidation sites excluding steroid dienone is 1. The second kappa shape index (κ2) is 7.83. The summed E-state index contributed by atoms with van der Waals surface area (Å²) in [5.74, 6) is 0.307. The van der Waals surface area contributed by atoms with E-state index in [-0.39, 0.29) is 4.90 Å². The van der Waals surface area contributed by atoms with Crippen molar-refractivity contribution in [3.05, 3.63) is 72.0 Å². The first-order chi connectivity index (χ1) is 11.0. The maximum atomic E-state index is 12.2. The van der Waals surface area contributed by atoms with E-state index >= 15 is 0 Å². The van der Waals surface area contributed by atoms with Gasteiger partial charge in [0.1, 0.15) is 10.6 Å². The van der Waals surface area contributed by atoms with Gasteiger partial charge in [-0.1, -0.05) is 29.8 Å². The fourth-order valence-electron chi connectivity index (χ4n) is 2.01. The molecule has 2 aromatic rings. The molecule has 0 heterocycles. The van der Waals surface area contributed by atoms with Crippen LogP contribution in [0.5, 0.6) is 5.75 Å². The molecule has 2 aromatic carbocycles. The average Bonchev–Trinajstić information content (AvgIpc) is 2.53. The first kappa shape index (κ1) is 17.1. The van der Waals surface area contributed by atoms with Crippen LogP contribution < -0.4 is 4.18 Å². The summed E-state index contributed by atoms with van der Waals surface area (Å²) in [6, 6.07) is 13.6. The Hall–Kier alpha value is -2.27. The molecular formula is C18H20O4S. The van der Waals surface area contributed by atoms with Gasteiger partial charge < -0.3 is 8.92 Å². The van der Waals surface area contributed by atoms with Crippen LogP contribution in [-0.4, -0.2) is 15.5 Å². The number of methoxy groups -OCH3 is 1. The largest absolute Gasteiger partial charge is 0.505 e. The number of aryl methyl sites for hydroxylation is 2. The summed E-state index contributed by atoms with van der Waals surface area (Å²) in [6.45, 7) is 1.90. The molecule has 0 aliphatic carbocycles. The van der Waals surface area contributed by atoms with E-state index in [0.717, 1.165) is 24.0 Å². The lowest BCUT2D eigenvalue weighted by atomic mass is 10.1. The fraction of sp³-hybridized carbons (Fsp3) is 0.222. The van der Waals surface area contributed by atoms with Crippen LogP contribution in [0.15, 0.2) is 65.8 Å². The van der Waals surface area contributed by atoms with Crippen LogP contribution in [0, 0.1) is 6.92 Å². The lowest BCUT2D eigenvalue weighted by Gasteiger charge is -2.08. The molecule has 0 aromatic heterocycles. The summed E-state index contributed by atoms with van der Waals surface area (Å²) >= 11 is 0. The third kappa shape index (κ3) is 5.14. The van der Waals surface area contributed by atoms with Crippen LogP contribution in [0.2, 0.25) is 0 Å². The van der Waals surface area contributed by atoms with E-state index in [1.165, 1.54) is 0 Å². The van der Waals surface area contributed by atoms with E-state index in [1.54, 1.807) is 49.8 Å². The van der Waals surface area contributed by atoms with Crippen molar-refractivity contribution in [2.75, 3.05) is 7.11 Å². The molecule has 0 atom stereocenters. The molecule has 0 N–H and O–H groups in total. The van der Waals surface area contributed by atoms with Gasteiger partial charge in [0.05, 0.1) is 13.4 Å². The Morgan fingerprint density at radius 1 is 1.00 bits per heavy atom. The van der Waals surface area contributed by atoms with Crippen molar-refractivity contribution in [2.45, 2.75) is 24.7 Å². The lowest BCUT2D eigenvalue weighted by molar-refractivity contribution is 0.336. The number of hydrogen-bond acceptors (Lipinski definition) is 4. The Labute approximate surface area is 137 Å². The van der Waals surface area contributed by atoms with E-state index in [4.69, 9.17) is 8.92 Å². The highest BCUT2D eigenvalue weighted by Gasteiger charge is 2.16. The summed E-state index contributed by atoms with van der Waals surface area (Å²) in [5.41, 5.74) is 2.10. The zero-order chi connectivity index (χ0) is 16.7. The Kier molecular flexibility index (Phi) is 5.82. The van der Waals surface area contributed by atoms with E-state index in [9.17, 15) is 8.42 Å². The molecule has 0 unspecified atom stereocenters. The van der Waals surface area contributed by atoms with Crippen molar-refractivity contribution in [2.24, 2.45) is 0 Å². The predicted molar refractivity (Wildman–Crippen MR) is 89.9 cm³/mol. The van der Waals surface area contributed by atoms with Gasteiger partial charge >= 0.3 is 10.1 Å². The van der Waals surface area contributed by atoms with Gasteiger partial charge in [-0.15, -0.1) is 0 Å². The fourth-order valence-corrected chi connectivity index (χ4v) is 2.94. The van der Waals surface area contributed by atoms with Gasteiger partial charge in [-0.3, -0.25) is 0 Å². The highest BCUT2D eigenvalue weighted by atomic mass is 32.2. The Morgan fingerprint density at radius 2 is 1.65 bits per heavy atom. The molecule has 0 aliphatic heterocycles. The third-order valence-corrected chi connectivity index (χ3v) is 4.53. The molecule has 0 aliphatic rings. The topological polar surface area (TPSA) is 52.6 Å². The Morgan fingerprint density at radius 3 is 2.26 bits per heavy atom. The summed E-state index contributed by atoms with van der Waals surface area (Å²) in [4.78, 5) is 0.150. The molecule has 0 bridgehead atoms. The van der Waals surface area contributed by atoms with E-state index in [1.807, 2.05) is 25.1 Å². The highest BCUT2D eigenvalue weighted by Crippen LogP contribution is 2.20. The van der Waals surface area contributed by atoms with Crippen molar-refractivity contribution in [3.8, 4) is 5.75 Å². The first-order valence-corrected chi connectivity index (χ1v) is 8.70. The molecule has 0 spiro atoms. The SMILES string of the molecule is CO/C=C/CCc1ccc(OS(=O)(=O)c2ccc(C)cc2)cc1. The molecule has 0 amide bonds. The minimum Gasteiger partial charge on any atom is -0.505 e. The number of rotatable bonds is 7. The molecule has 4 nitrogen and oxygen atoms in total. The maximum absolute atomic E-state index is 12.2. The van der Waals surface area contributed by atoms with Crippen molar-refractivity contribution < 1.29 is 17.3 Å². The zero-order valence-corrected chi connectivity index (χ0v) is 14.0. The maximum Gasteiger partial charge on any atom is 0.339 e. The highest BCUT2D eigenvalue weighted by molar-refractivity contribution is 7.87. The molecule has 0 fully saturated rings. The van der Waals surface area contributed by atoms with Crippen LogP contribution in [0.4, 0.5) is 0 Å². The summed E-state index contributed by atoms with van der Waals surface area (Å²) in [6.07, 6.45) is 5.29. The first-order valence-electron chi connectivity index (χ1n) is 7.29. The number of ether oxygens (including phenoxy) is 1. The lowest BCUT2D eigenvalue weighted by Crippen LogP contribution is -2.09. The summed E-state index contributed by atoms with van der Waals surface area (Å²) < 4.78 is 34.4. The quantitative estimate of drug-likeness (QED) is 0.571. The minimum absolute atomic E-state index is 0.150. The summed E-state index contributed by atoms with van der Waals surface area (Å²) in [7, 11) is -2.19. The molecule has 5 heteroatoms. The predicted octanol–water partition coefficient (Wildman–Crippen LogP) is 3.86. The molecule has 2 rings (SSSR count). The van der Waals surface area contributed by atoms with Crippen LogP contribution in [0.1, 0.15) is 17.5 Å². The van der Waals surface area contributed by atoms with Gasteiger partial charge in [0.15, 0.2) is 0 Å². The van der Waals surface area contributed by atoms with Crippen molar-refractivity contribution >= 4 is 10.1 Å². The van der Waals surface area contributed by atoms with Gasteiger partial charge in [0.25, 0.3) is 0 Å². The normalized spacial score (nSPS) is 11.6. The molecule has 0 saturated heterocycles. The molecular weight excluding hydrogens is 312 g/mol. The smallest absolute Gasteiger partial charge is 0.339 e. The molecule has 0 radical (unpaired) electrons. The molecule has 23 heavy (non-hydrogen) atoms. The Bertz CT molecular complexity index is 745. The summed E-state index contributed by atoms with van der Waals surface area (Å²) in [5, 5.41) is 0. The third-order valence-electron chi connectivity index (χ3n) is 3.27. The minimum atomic E-state index is -3.79. The van der Waals surface area contributed by atoms with Crippen LogP contribution in [-0.2, 0) is 21.3 Å². The van der Waals surface area contributed by atoms with Gasteiger partial charge in [0, 0.05) is 0 Å². The average molecular weight is 332 g/mol. The van der Waals surface area contributed by atoms with E-state index in [0.29, 0.717) is 5.75 Å². The van der Waals surface area contributed by atoms with E-state index in [2.05, 4.69) is 0 Å². The van der Waals surface area contributed by atoms with Crippen molar-refractivity contribution in [1.82, 2.24) is 0 Å². The van der Waals surface area contributed by atoms with Gasteiger partial charge in [-0.25, -0.2) is 0 Å². The zero-order valence-electron chi connectivity index (χ0n) is 13.2. The van der Waals surface area contributed by atoms with Crippen molar-refractivity contribution in [1.29, 1.82) is 0 Å². The van der Waals surface area contributed by atoms with Crippen LogP contribution in [0.3, 0.4) is 0 Å². The molecule has 0 saturated carbocycles.